The molecule has 0 radical (unpaired) electrons. The molecular formula is C21H24F2N6O. The van der Waals surface area contributed by atoms with Crippen molar-refractivity contribution < 1.29 is 13.6 Å². The Labute approximate surface area is 173 Å². The molecule has 158 valence electrons. The lowest BCUT2D eigenvalue weighted by Crippen LogP contribution is -2.46. The molecule has 6 N–H and O–H groups in total. The Bertz CT molecular complexity index is 909. The number of hydrogen-bond donors (Lipinski definition) is 4. The highest BCUT2D eigenvalue weighted by Gasteiger charge is 2.15. The molecule has 2 rings (SSSR count). The van der Waals surface area contributed by atoms with Gasteiger partial charge in [-0.3, -0.25) is 10.1 Å². The monoisotopic (exact) mass is 414 g/mol. The molecule has 3 atom stereocenters. The Balaban J connectivity index is 2.12. The van der Waals surface area contributed by atoms with Crippen LogP contribution in [0.15, 0.2) is 53.5 Å². The molecule has 0 aliphatic rings. The van der Waals surface area contributed by atoms with Gasteiger partial charge in [0.15, 0.2) is 5.96 Å². The number of benzene rings is 2. The lowest BCUT2D eigenvalue weighted by atomic mass is 10.0. The van der Waals surface area contributed by atoms with Gasteiger partial charge in [-0.2, -0.15) is 5.26 Å². The van der Waals surface area contributed by atoms with E-state index < -0.39 is 23.9 Å². The Kier molecular flexibility index (Phi) is 8.41. The number of hydrogen-bond acceptors (Lipinski definition) is 5. The van der Waals surface area contributed by atoms with Crippen LogP contribution in [-0.2, 0) is 0 Å². The van der Waals surface area contributed by atoms with Crippen molar-refractivity contribution in [2.45, 2.75) is 38.0 Å². The number of nitrogens with two attached hydrogens (primary N) is 2. The van der Waals surface area contributed by atoms with Crippen LogP contribution < -0.4 is 22.1 Å². The highest BCUT2D eigenvalue weighted by molar-refractivity contribution is 6.05. The normalized spacial score (nSPS) is 14.3. The molecule has 3 unspecified atom stereocenters. The molecule has 1 amide bonds. The predicted molar refractivity (Wildman–Crippen MR) is 110 cm³/mol. The van der Waals surface area contributed by atoms with Crippen molar-refractivity contribution in [2.24, 2.45) is 16.5 Å². The Morgan fingerprint density at radius 3 is 2.23 bits per heavy atom. The van der Waals surface area contributed by atoms with Crippen LogP contribution in [0.5, 0.6) is 0 Å². The fourth-order valence-corrected chi connectivity index (χ4v) is 2.63. The van der Waals surface area contributed by atoms with Crippen LogP contribution in [0, 0.1) is 23.0 Å². The average molecular weight is 414 g/mol. The summed E-state index contributed by atoms with van der Waals surface area (Å²) in [5, 5.41) is 14.4. The molecule has 0 heterocycles. The van der Waals surface area contributed by atoms with Crippen LogP contribution >= 0.6 is 0 Å². The number of halogens is 2. The van der Waals surface area contributed by atoms with Gasteiger partial charge in [0.25, 0.3) is 5.91 Å². The second-order valence-corrected chi connectivity index (χ2v) is 6.81. The molecule has 0 aliphatic carbocycles. The van der Waals surface area contributed by atoms with E-state index in [9.17, 15) is 13.6 Å². The zero-order valence-corrected chi connectivity index (χ0v) is 16.5. The topological polar surface area (TPSA) is 129 Å². The second kappa shape index (κ2) is 11.0. The number of rotatable bonds is 7. The quantitative estimate of drug-likeness (QED) is 0.408. The maximum absolute atomic E-state index is 13.1. The van der Waals surface area contributed by atoms with Crippen molar-refractivity contribution >= 4 is 11.9 Å². The van der Waals surface area contributed by atoms with E-state index in [1.165, 1.54) is 36.4 Å². The van der Waals surface area contributed by atoms with Crippen molar-refractivity contribution in [2.75, 3.05) is 0 Å². The molecule has 2 aromatic carbocycles. The molecule has 30 heavy (non-hydrogen) atoms. The summed E-state index contributed by atoms with van der Waals surface area (Å²) in [6.45, 7) is 1.75. The van der Waals surface area contributed by atoms with Gasteiger partial charge in [0.2, 0.25) is 0 Å². The molecule has 9 heteroatoms. The summed E-state index contributed by atoms with van der Waals surface area (Å²) in [5.74, 6) is -1.26. The lowest BCUT2D eigenvalue weighted by Gasteiger charge is -2.19. The number of nitrogens with zero attached hydrogens (tertiary/aromatic N) is 2. The highest BCUT2D eigenvalue weighted by Crippen LogP contribution is 2.16. The fourth-order valence-electron chi connectivity index (χ4n) is 2.63. The minimum absolute atomic E-state index is 0.0749. The number of amides is 1. The summed E-state index contributed by atoms with van der Waals surface area (Å²) in [6, 6.07) is 12.0. The van der Waals surface area contributed by atoms with Crippen molar-refractivity contribution in [3.63, 3.8) is 0 Å². The van der Waals surface area contributed by atoms with Crippen LogP contribution in [0.4, 0.5) is 8.78 Å². The van der Waals surface area contributed by atoms with E-state index in [0.717, 1.165) is 0 Å². The Morgan fingerprint density at radius 1 is 1.10 bits per heavy atom. The van der Waals surface area contributed by atoms with Gasteiger partial charge in [-0.15, -0.1) is 0 Å². The van der Waals surface area contributed by atoms with Gasteiger partial charge >= 0.3 is 0 Å². The van der Waals surface area contributed by atoms with Gasteiger partial charge in [-0.05, 0) is 48.9 Å². The SMILES string of the molecule is CC(CC#N)NC(=NC(N)CC(N)c1ccc(F)cc1)NC(=O)c1ccc(F)cc1. The van der Waals surface area contributed by atoms with Gasteiger partial charge in [0.1, 0.15) is 17.8 Å². The summed E-state index contributed by atoms with van der Waals surface area (Å²) in [7, 11) is 0. The van der Waals surface area contributed by atoms with Crippen molar-refractivity contribution in [3.8, 4) is 6.07 Å². The van der Waals surface area contributed by atoms with Gasteiger partial charge < -0.3 is 16.8 Å². The second-order valence-electron chi connectivity index (χ2n) is 6.81. The minimum Gasteiger partial charge on any atom is -0.353 e. The highest BCUT2D eigenvalue weighted by atomic mass is 19.1. The summed E-state index contributed by atoms with van der Waals surface area (Å²) < 4.78 is 26.2. The summed E-state index contributed by atoms with van der Waals surface area (Å²) in [5.41, 5.74) is 13.1. The van der Waals surface area contributed by atoms with Crippen LogP contribution in [0.1, 0.15) is 41.7 Å². The zero-order valence-electron chi connectivity index (χ0n) is 16.5. The molecule has 0 saturated carbocycles. The molecule has 0 bridgehead atoms. The lowest BCUT2D eigenvalue weighted by molar-refractivity contribution is 0.0975. The first-order chi connectivity index (χ1) is 14.3. The van der Waals surface area contributed by atoms with E-state index in [0.29, 0.717) is 5.56 Å². The summed E-state index contributed by atoms with van der Waals surface area (Å²) >= 11 is 0. The van der Waals surface area contributed by atoms with E-state index in [-0.39, 0.29) is 36.2 Å². The van der Waals surface area contributed by atoms with Gasteiger partial charge in [0, 0.05) is 24.1 Å². The van der Waals surface area contributed by atoms with Gasteiger partial charge in [-0.25, -0.2) is 13.8 Å². The predicted octanol–water partition coefficient (Wildman–Crippen LogP) is 2.32. The van der Waals surface area contributed by atoms with Gasteiger partial charge in [0.05, 0.1) is 12.5 Å². The van der Waals surface area contributed by atoms with Crippen LogP contribution in [0.3, 0.4) is 0 Å². The first-order valence-electron chi connectivity index (χ1n) is 9.33. The summed E-state index contributed by atoms with van der Waals surface area (Å²) in [4.78, 5) is 16.7. The number of carbonyl (C=O) groups is 1. The molecular weight excluding hydrogens is 390 g/mol. The number of nitriles is 1. The number of nitrogens with one attached hydrogen (secondary N) is 2. The smallest absolute Gasteiger partial charge is 0.257 e. The van der Waals surface area contributed by atoms with Crippen molar-refractivity contribution in [1.82, 2.24) is 10.6 Å². The van der Waals surface area contributed by atoms with E-state index in [4.69, 9.17) is 16.7 Å². The number of carbonyl (C=O) groups excluding carboxylic acids is 1. The van der Waals surface area contributed by atoms with Crippen LogP contribution in [0.25, 0.3) is 0 Å². The maximum Gasteiger partial charge on any atom is 0.257 e. The molecule has 0 aliphatic heterocycles. The minimum atomic E-state index is -0.782. The Morgan fingerprint density at radius 2 is 1.67 bits per heavy atom. The third-order valence-electron chi connectivity index (χ3n) is 4.21. The zero-order chi connectivity index (χ0) is 22.1. The Hall–Kier alpha value is -3.35. The molecule has 0 fully saturated rings. The van der Waals surface area contributed by atoms with E-state index in [2.05, 4.69) is 15.6 Å². The number of guanidine groups is 1. The maximum atomic E-state index is 13.1. The largest absolute Gasteiger partial charge is 0.353 e. The first-order valence-corrected chi connectivity index (χ1v) is 9.33. The standard InChI is InChI=1S/C21H24F2N6O/c1-13(10-11-24)27-21(29-20(30)15-4-8-17(23)9-5-15)28-19(26)12-18(25)14-2-6-16(22)7-3-14/h2-9,13,18-19H,10,12,25-26H2,1H3,(H2,27,28,29,30). The molecule has 0 aromatic heterocycles. The average Bonchev–Trinajstić information content (AvgIpc) is 2.68. The summed E-state index contributed by atoms with van der Waals surface area (Å²) in [6.07, 6.45) is -0.374. The molecule has 2 aromatic rings. The van der Waals surface area contributed by atoms with E-state index in [1.807, 2.05) is 6.07 Å². The fraction of sp³-hybridized carbons (Fsp3) is 0.286. The molecule has 0 saturated heterocycles. The van der Waals surface area contributed by atoms with Crippen molar-refractivity contribution in [3.05, 3.63) is 71.3 Å². The van der Waals surface area contributed by atoms with E-state index in [1.54, 1.807) is 19.1 Å². The van der Waals surface area contributed by atoms with Crippen LogP contribution in [-0.4, -0.2) is 24.1 Å². The number of aliphatic imine (C=N–C) groups is 1. The van der Waals surface area contributed by atoms with Crippen LogP contribution in [0.2, 0.25) is 0 Å². The van der Waals surface area contributed by atoms with Gasteiger partial charge in [-0.1, -0.05) is 12.1 Å². The van der Waals surface area contributed by atoms with E-state index >= 15 is 0 Å². The molecule has 0 spiro atoms. The van der Waals surface area contributed by atoms with Crippen molar-refractivity contribution in [1.29, 1.82) is 5.26 Å². The third kappa shape index (κ3) is 7.24. The first kappa shape index (κ1) is 22.9. The molecule has 7 nitrogen and oxygen atoms in total. The third-order valence-corrected chi connectivity index (χ3v) is 4.21.